The Labute approximate surface area is 106 Å². The Hall–Kier alpha value is -0.860. The Balaban J connectivity index is 2.06. The zero-order valence-electron chi connectivity index (χ0n) is 11.2. The Morgan fingerprint density at radius 2 is 1.82 bits per heavy atom. The minimum absolute atomic E-state index is 0.347. The van der Waals surface area contributed by atoms with Crippen LogP contribution in [-0.2, 0) is 6.54 Å². The van der Waals surface area contributed by atoms with Crippen molar-refractivity contribution in [2.75, 3.05) is 6.54 Å². The molecule has 0 saturated carbocycles. The summed E-state index contributed by atoms with van der Waals surface area (Å²) >= 11 is 0. The predicted octanol–water partition coefficient (Wildman–Crippen LogP) is 2.93. The van der Waals surface area contributed by atoms with E-state index in [0.29, 0.717) is 6.04 Å². The van der Waals surface area contributed by atoms with Crippen LogP contribution in [0.1, 0.15) is 38.7 Å². The van der Waals surface area contributed by atoms with Crippen LogP contribution in [0.2, 0.25) is 0 Å². The molecule has 2 unspecified atom stereocenters. The first-order chi connectivity index (χ1) is 8.18. The molecule has 0 amide bonds. The number of benzene rings is 1. The van der Waals surface area contributed by atoms with Crippen molar-refractivity contribution in [3.8, 4) is 0 Å². The molecular formula is C15H26N2. The molecule has 0 saturated heterocycles. The summed E-state index contributed by atoms with van der Waals surface area (Å²) in [7, 11) is 0. The Morgan fingerprint density at radius 3 is 2.47 bits per heavy atom. The lowest BCUT2D eigenvalue weighted by molar-refractivity contribution is 0.448. The van der Waals surface area contributed by atoms with Gasteiger partial charge < -0.3 is 11.1 Å². The first kappa shape index (κ1) is 14.2. The van der Waals surface area contributed by atoms with Gasteiger partial charge in [-0.3, -0.25) is 0 Å². The van der Waals surface area contributed by atoms with E-state index in [2.05, 4.69) is 49.5 Å². The second-order valence-corrected chi connectivity index (χ2v) is 5.13. The summed E-state index contributed by atoms with van der Waals surface area (Å²) in [5.41, 5.74) is 7.10. The van der Waals surface area contributed by atoms with Gasteiger partial charge in [0.1, 0.15) is 0 Å². The molecule has 0 aliphatic heterocycles. The average Bonchev–Trinajstić information content (AvgIpc) is 2.30. The van der Waals surface area contributed by atoms with E-state index in [-0.39, 0.29) is 0 Å². The van der Waals surface area contributed by atoms with Crippen LogP contribution in [-0.4, -0.2) is 12.6 Å². The van der Waals surface area contributed by atoms with Gasteiger partial charge in [-0.2, -0.15) is 0 Å². The molecule has 0 aromatic heterocycles. The summed E-state index contributed by atoms with van der Waals surface area (Å²) in [5, 5.41) is 3.51. The predicted molar refractivity (Wildman–Crippen MR) is 74.8 cm³/mol. The van der Waals surface area contributed by atoms with Crippen molar-refractivity contribution in [2.45, 2.75) is 45.7 Å². The summed E-state index contributed by atoms with van der Waals surface area (Å²) in [4.78, 5) is 0. The first-order valence-electron chi connectivity index (χ1n) is 6.68. The lowest BCUT2D eigenvalue weighted by Crippen LogP contribution is -2.21. The highest BCUT2D eigenvalue weighted by molar-refractivity contribution is 5.14. The molecule has 3 N–H and O–H groups in total. The van der Waals surface area contributed by atoms with Crippen LogP contribution >= 0.6 is 0 Å². The van der Waals surface area contributed by atoms with E-state index >= 15 is 0 Å². The molecule has 0 spiro atoms. The van der Waals surface area contributed by atoms with Gasteiger partial charge in [-0.15, -0.1) is 0 Å². The zero-order valence-corrected chi connectivity index (χ0v) is 11.2. The van der Waals surface area contributed by atoms with Crippen molar-refractivity contribution in [3.63, 3.8) is 0 Å². The lowest BCUT2D eigenvalue weighted by Gasteiger charge is -2.13. The molecule has 0 radical (unpaired) electrons. The third-order valence-corrected chi connectivity index (χ3v) is 3.02. The molecule has 0 aliphatic carbocycles. The van der Waals surface area contributed by atoms with Crippen molar-refractivity contribution < 1.29 is 0 Å². The van der Waals surface area contributed by atoms with E-state index < -0.39 is 0 Å². The third-order valence-electron chi connectivity index (χ3n) is 3.02. The second kappa shape index (κ2) is 8.26. The molecule has 0 fully saturated rings. The van der Waals surface area contributed by atoms with E-state index in [0.717, 1.165) is 25.4 Å². The SMILES string of the molecule is CC(N)CCCC(C)CNCc1ccccc1. The molecule has 0 aliphatic rings. The normalized spacial score (nSPS) is 14.5. The molecule has 1 aromatic rings. The van der Waals surface area contributed by atoms with Crippen LogP contribution in [0, 0.1) is 5.92 Å². The molecular weight excluding hydrogens is 208 g/mol. The Bertz CT molecular complexity index is 282. The van der Waals surface area contributed by atoms with Gasteiger partial charge in [0.25, 0.3) is 0 Å². The highest BCUT2D eigenvalue weighted by Gasteiger charge is 2.02. The number of hydrogen-bond acceptors (Lipinski definition) is 2. The van der Waals surface area contributed by atoms with Gasteiger partial charge >= 0.3 is 0 Å². The summed E-state index contributed by atoms with van der Waals surface area (Å²) in [6.45, 7) is 6.45. The van der Waals surface area contributed by atoms with Crippen molar-refractivity contribution in [1.29, 1.82) is 0 Å². The van der Waals surface area contributed by atoms with Crippen molar-refractivity contribution in [3.05, 3.63) is 35.9 Å². The van der Waals surface area contributed by atoms with Crippen LogP contribution < -0.4 is 11.1 Å². The Morgan fingerprint density at radius 1 is 1.12 bits per heavy atom. The molecule has 2 atom stereocenters. The van der Waals surface area contributed by atoms with Gasteiger partial charge in [0.05, 0.1) is 0 Å². The Kier molecular flexibility index (Phi) is 6.90. The minimum atomic E-state index is 0.347. The summed E-state index contributed by atoms with van der Waals surface area (Å²) in [6, 6.07) is 10.9. The molecule has 0 heterocycles. The van der Waals surface area contributed by atoms with Crippen molar-refractivity contribution >= 4 is 0 Å². The molecule has 0 bridgehead atoms. The smallest absolute Gasteiger partial charge is 0.0205 e. The highest BCUT2D eigenvalue weighted by Crippen LogP contribution is 2.08. The summed E-state index contributed by atoms with van der Waals surface area (Å²) in [5.74, 6) is 0.734. The molecule has 1 rings (SSSR count). The summed E-state index contributed by atoms with van der Waals surface area (Å²) < 4.78 is 0. The van der Waals surface area contributed by atoms with E-state index in [1.165, 1.54) is 18.4 Å². The lowest BCUT2D eigenvalue weighted by atomic mass is 10.0. The van der Waals surface area contributed by atoms with Crippen molar-refractivity contribution in [2.24, 2.45) is 11.7 Å². The fraction of sp³-hybridized carbons (Fsp3) is 0.600. The maximum Gasteiger partial charge on any atom is 0.0205 e. The fourth-order valence-corrected chi connectivity index (χ4v) is 1.95. The van der Waals surface area contributed by atoms with E-state index in [1.807, 2.05) is 0 Å². The van der Waals surface area contributed by atoms with Crippen LogP contribution in [0.5, 0.6) is 0 Å². The number of rotatable bonds is 8. The minimum Gasteiger partial charge on any atom is -0.328 e. The van der Waals surface area contributed by atoms with Crippen LogP contribution in [0.25, 0.3) is 0 Å². The second-order valence-electron chi connectivity index (χ2n) is 5.13. The maximum atomic E-state index is 5.74. The van der Waals surface area contributed by atoms with Gasteiger partial charge in [-0.25, -0.2) is 0 Å². The van der Waals surface area contributed by atoms with Gasteiger partial charge in [0.2, 0.25) is 0 Å². The first-order valence-corrected chi connectivity index (χ1v) is 6.68. The molecule has 2 heteroatoms. The van der Waals surface area contributed by atoms with E-state index in [1.54, 1.807) is 0 Å². The largest absolute Gasteiger partial charge is 0.328 e. The van der Waals surface area contributed by atoms with Gasteiger partial charge in [-0.1, -0.05) is 43.7 Å². The van der Waals surface area contributed by atoms with Gasteiger partial charge in [-0.05, 0) is 37.8 Å². The topological polar surface area (TPSA) is 38.0 Å². The monoisotopic (exact) mass is 234 g/mol. The maximum absolute atomic E-state index is 5.74. The standard InChI is InChI=1S/C15H26N2/c1-13(7-6-8-14(2)16)11-17-12-15-9-4-3-5-10-15/h3-5,9-10,13-14,17H,6-8,11-12,16H2,1-2H3. The average molecular weight is 234 g/mol. The number of nitrogens with two attached hydrogens (primary N) is 1. The fourth-order valence-electron chi connectivity index (χ4n) is 1.95. The molecule has 1 aromatic carbocycles. The molecule has 2 nitrogen and oxygen atoms in total. The van der Waals surface area contributed by atoms with E-state index in [9.17, 15) is 0 Å². The summed E-state index contributed by atoms with van der Waals surface area (Å²) in [6.07, 6.45) is 3.65. The van der Waals surface area contributed by atoms with Crippen LogP contribution in [0.3, 0.4) is 0 Å². The van der Waals surface area contributed by atoms with Gasteiger partial charge in [0.15, 0.2) is 0 Å². The number of hydrogen-bond donors (Lipinski definition) is 2. The van der Waals surface area contributed by atoms with E-state index in [4.69, 9.17) is 5.73 Å². The zero-order chi connectivity index (χ0) is 12.5. The van der Waals surface area contributed by atoms with Crippen molar-refractivity contribution in [1.82, 2.24) is 5.32 Å². The van der Waals surface area contributed by atoms with Crippen LogP contribution in [0.15, 0.2) is 30.3 Å². The quantitative estimate of drug-likeness (QED) is 0.726. The van der Waals surface area contributed by atoms with Gasteiger partial charge in [0, 0.05) is 12.6 Å². The van der Waals surface area contributed by atoms with Crippen LogP contribution in [0.4, 0.5) is 0 Å². The number of nitrogens with one attached hydrogen (secondary N) is 1. The third kappa shape index (κ3) is 7.14. The molecule has 96 valence electrons. The molecule has 17 heavy (non-hydrogen) atoms. The highest BCUT2D eigenvalue weighted by atomic mass is 14.9.